The van der Waals surface area contributed by atoms with Gasteiger partial charge in [-0.15, -0.1) is 0 Å². The second-order valence-electron chi connectivity index (χ2n) is 14.8. The van der Waals surface area contributed by atoms with E-state index in [-0.39, 0.29) is 38.5 Å². The monoisotopic (exact) mass is 844 g/mol. The molecule has 0 aromatic heterocycles. The third-order valence-electron chi connectivity index (χ3n) is 9.89. The SMILES string of the molecule is NCCCC[C@H](NC(=O)[C@H](Cc1ccccc1)NC(=O)[C@H](CCCCN)NC(=O)[C@H](Cc1ccccc1)NC(=O)[C@H](CCC(=O)O)NC(=O)[C@@H](N)Cc1ccccc1)C(=O)O. The number of hydrogen-bond acceptors (Lipinski definition) is 10. The molecule has 0 bridgehead atoms. The van der Waals surface area contributed by atoms with E-state index in [1.54, 1.807) is 84.9 Å². The predicted molar refractivity (Wildman–Crippen MR) is 228 cm³/mol. The molecule has 330 valence electrons. The highest BCUT2D eigenvalue weighted by molar-refractivity contribution is 5.96. The van der Waals surface area contributed by atoms with Crippen molar-refractivity contribution in [3.05, 3.63) is 108 Å². The predicted octanol–water partition coefficient (Wildman–Crippen LogP) is 0.673. The topological polar surface area (TPSA) is 298 Å². The van der Waals surface area contributed by atoms with Gasteiger partial charge in [-0.1, -0.05) is 91.0 Å². The molecular weight excluding hydrogens is 785 g/mol. The Morgan fingerprint density at radius 3 is 1.20 bits per heavy atom. The molecule has 0 unspecified atom stereocenters. The number of nitrogens with two attached hydrogens (primary N) is 3. The van der Waals surface area contributed by atoms with Crippen molar-refractivity contribution in [1.29, 1.82) is 0 Å². The normalized spacial score (nSPS) is 13.9. The molecule has 61 heavy (non-hydrogen) atoms. The standard InChI is InChI=1S/C44H60N8O9/c45-24-12-10-20-33(40(56)51-37(28-31-18-8-3-9-19-31)43(59)50-35(44(60)61)21-11-13-25-46)49-42(58)36(27-30-16-6-2-7-17-30)52-41(57)34(22-23-38(53)54)48-39(55)32(47)26-29-14-4-1-5-15-29/h1-9,14-19,32-37H,10-13,20-28,45-47H2,(H,48,55)(H,49,58)(H,50,59)(H,51,56)(H,52,57)(H,53,54)(H,60,61)/t32-,33-,34-,35-,36-,37-/m0/s1. The summed E-state index contributed by atoms with van der Waals surface area (Å²) in [5.74, 6) is -6.25. The van der Waals surface area contributed by atoms with Crippen LogP contribution < -0.4 is 43.8 Å². The molecule has 0 aliphatic heterocycles. The van der Waals surface area contributed by atoms with Crippen molar-refractivity contribution >= 4 is 41.5 Å². The van der Waals surface area contributed by atoms with E-state index in [0.717, 1.165) is 5.56 Å². The molecule has 0 saturated carbocycles. The van der Waals surface area contributed by atoms with E-state index in [4.69, 9.17) is 17.2 Å². The quantitative estimate of drug-likeness (QED) is 0.0452. The summed E-state index contributed by atoms with van der Waals surface area (Å²) in [6, 6.07) is 19.0. The number of amides is 5. The van der Waals surface area contributed by atoms with Gasteiger partial charge in [0.25, 0.3) is 0 Å². The van der Waals surface area contributed by atoms with Crippen molar-refractivity contribution in [3.63, 3.8) is 0 Å². The first-order valence-electron chi connectivity index (χ1n) is 20.5. The van der Waals surface area contributed by atoms with Crippen LogP contribution in [0.15, 0.2) is 91.0 Å². The largest absolute Gasteiger partial charge is 0.481 e. The lowest BCUT2D eigenvalue weighted by atomic mass is 10.0. The Hall–Kier alpha value is -6.17. The molecule has 0 spiro atoms. The maximum Gasteiger partial charge on any atom is 0.326 e. The van der Waals surface area contributed by atoms with Crippen LogP contribution in [0.4, 0.5) is 0 Å². The highest BCUT2D eigenvalue weighted by atomic mass is 16.4. The zero-order chi connectivity index (χ0) is 44.6. The van der Waals surface area contributed by atoms with Gasteiger partial charge in [0, 0.05) is 19.3 Å². The van der Waals surface area contributed by atoms with Gasteiger partial charge in [0.2, 0.25) is 29.5 Å². The van der Waals surface area contributed by atoms with Gasteiger partial charge >= 0.3 is 11.9 Å². The van der Waals surface area contributed by atoms with E-state index in [9.17, 15) is 43.8 Å². The fourth-order valence-corrected chi connectivity index (χ4v) is 6.50. The molecule has 0 aliphatic carbocycles. The van der Waals surface area contributed by atoms with Crippen molar-refractivity contribution in [1.82, 2.24) is 26.6 Å². The zero-order valence-corrected chi connectivity index (χ0v) is 34.3. The maximum atomic E-state index is 14.2. The minimum absolute atomic E-state index is 0.00215. The lowest BCUT2D eigenvalue weighted by Crippen LogP contribution is -2.60. The van der Waals surface area contributed by atoms with Crippen LogP contribution in [0.5, 0.6) is 0 Å². The third kappa shape index (κ3) is 18.3. The first-order valence-corrected chi connectivity index (χ1v) is 20.5. The first-order chi connectivity index (χ1) is 29.3. The summed E-state index contributed by atoms with van der Waals surface area (Å²) in [6.45, 7) is 0.652. The summed E-state index contributed by atoms with van der Waals surface area (Å²) in [5, 5.41) is 32.5. The Kier molecular flexibility index (Phi) is 21.6. The van der Waals surface area contributed by atoms with E-state index in [0.29, 0.717) is 49.9 Å². The first kappa shape index (κ1) is 49.2. The summed E-state index contributed by atoms with van der Waals surface area (Å²) in [4.78, 5) is 92.8. The molecule has 3 rings (SSSR count). The molecule has 0 radical (unpaired) electrons. The van der Waals surface area contributed by atoms with Crippen molar-refractivity contribution in [2.24, 2.45) is 17.2 Å². The van der Waals surface area contributed by atoms with Gasteiger partial charge in [-0.25, -0.2) is 4.79 Å². The highest BCUT2D eigenvalue weighted by Gasteiger charge is 2.33. The van der Waals surface area contributed by atoms with Crippen molar-refractivity contribution < 1.29 is 43.8 Å². The molecule has 13 N–H and O–H groups in total. The number of aliphatic carboxylic acids is 2. The molecule has 17 nitrogen and oxygen atoms in total. The van der Waals surface area contributed by atoms with Crippen LogP contribution >= 0.6 is 0 Å². The van der Waals surface area contributed by atoms with Gasteiger partial charge in [0.15, 0.2) is 0 Å². The van der Waals surface area contributed by atoms with Crippen LogP contribution in [0, 0.1) is 0 Å². The number of nitrogens with one attached hydrogen (secondary N) is 5. The van der Waals surface area contributed by atoms with E-state index in [1.165, 1.54) is 0 Å². The molecule has 0 fully saturated rings. The Bertz CT molecular complexity index is 1850. The number of rotatable bonds is 28. The second kappa shape index (κ2) is 26.8. The fourth-order valence-electron chi connectivity index (χ4n) is 6.50. The van der Waals surface area contributed by atoms with Crippen LogP contribution in [-0.2, 0) is 52.8 Å². The third-order valence-corrected chi connectivity index (χ3v) is 9.89. The second-order valence-corrected chi connectivity index (χ2v) is 14.8. The average molecular weight is 845 g/mol. The van der Waals surface area contributed by atoms with Crippen LogP contribution in [-0.4, -0.2) is 101 Å². The van der Waals surface area contributed by atoms with E-state index >= 15 is 0 Å². The van der Waals surface area contributed by atoms with Crippen molar-refractivity contribution in [2.75, 3.05) is 13.1 Å². The van der Waals surface area contributed by atoms with Crippen LogP contribution in [0.25, 0.3) is 0 Å². The summed E-state index contributed by atoms with van der Waals surface area (Å²) in [5.41, 5.74) is 19.6. The molecule has 5 amide bonds. The van der Waals surface area contributed by atoms with Gasteiger partial charge in [-0.3, -0.25) is 28.8 Å². The molecule has 0 aliphatic rings. The minimum atomic E-state index is -1.39. The summed E-state index contributed by atoms with van der Waals surface area (Å²) >= 11 is 0. The smallest absolute Gasteiger partial charge is 0.326 e. The van der Waals surface area contributed by atoms with Crippen LogP contribution in [0.1, 0.15) is 68.1 Å². The van der Waals surface area contributed by atoms with Crippen LogP contribution in [0.2, 0.25) is 0 Å². The number of unbranched alkanes of at least 4 members (excludes halogenated alkanes) is 2. The lowest BCUT2D eigenvalue weighted by molar-refractivity contribution is -0.142. The number of carbonyl (C=O) groups is 7. The number of hydrogen-bond donors (Lipinski definition) is 10. The van der Waals surface area contributed by atoms with Crippen LogP contribution in [0.3, 0.4) is 0 Å². The Labute approximate surface area is 356 Å². The molecular formula is C44H60N8O9. The van der Waals surface area contributed by atoms with Gasteiger partial charge in [0.1, 0.15) is 30.2 Å². The molecule has 0 saturated heterocycles. The fraction of sp³-hybridized carbons (Fsp3) is 0.432. The van der Waals surface area contributed by atoms with E-state index in [2.05, 4.69) is 26.6 Å². The Morgan fingerprint density at radius 1 is 0.443 bits per heavy atom. The lowest BCUT2D eigenvalue weighted by Gasteiger charge is -2.27. The summed E-state index contributed by atoms with van der Waals surface area (Å²) < 4.78 is 0. The number of carboxylic acids is 2. The maximum absolute atomic E-state index is 14.2. The number of benzene rings is 3. The number of carboxylic acid groups (broad SMARTS) is 2. The van der Waals surface area contributed by atoms with Crippen molar-refractivity contribution in [2.45, 2.75) is 107 Å². The molecule has 3 aromatic carbocycles. The molecule has 3 aromatic rings. The van der Waals surface area contributed by atoms with E-state index < -0.39 is 84.1 Å². The minimum Gasteiger partial charge on any atom is -0.481 e. The van der Waals surface area contributed by atoms with Crippen molar-refractivity contribution in [3.8, 4) is 0 Å². The van der Waals surface area contributed by atoms with Gasteiger partial charge < -0.3 is 54.0 Å². The zero-order valence-electron chi connectivity index (χ0n) is 34.3. The Morgan fingerprint density at radius 2 is 0.787 bits per heavy atom. The van der Waals surface area contributed by atoms with Gasteiger partial charge in [-0.05, 0) is 81.1 Å². The molecule has 0 heterocycles. The van der Waals surface area contributed by atoms with Gasteiger partial charge in [0.05, 0.1) is 6.04 Å². The number of carbonyl (C=O) groups excluding carboxylic acids is 5. The molecule has 17 heteroatoms. The highest BCUT2D eigenvalue weighted by Crippen LogP contribution is 2.11. The van der Waals surface area contributed by atoms with E-state index in [1.807, 2.05) is 6.07 Å². The molecule has 6 atom stereocenters. The summed E-state index contributed by atoms with van der Waals surface area (Å²) in [7, 11) is 0. The van der Waals surface area contributed by atoms with Gasteiger partial charge in [-0.2, -0.15) is 0 Å². The Balaban J connectivity index is 1.88. The summed E-state index contributed by atoms with van der Waals surface area (Å²) in [6.07, 6.45) is 1.42. The average Bonchev–Trinajstić information content (AvgIpc) is 3.24.